The van der Waals surface area contributed by atoms with Crippen molar-refractivity contribution in [2.24, 2.45) is 10.1 Å². The molecule has 154 valence electrons. The number of aryl methyl sites for hydroxylation is 2. The molecule has 0 spiro atoms. The van der Waals surface area contributed by atoms with Crippen molar-refractivity contribution in [2.75, 3.05) is 6.26 Å². The molecule has 0 fully saturated rings. The van der Waals surface area contributed by atoms with E-state index in [4.69, 9.17) is 5.41 Å². The Morgan fingerprint density at radius 2 is 1.87 bits per heavy atom. The number of aromatic nitrogens is 1. The molecule has 10 heteroatoms. The van der Waals surface area contributed by atoms with Crippen molar-refractivity contribution >= 4 is 49.0 Å². The Hall–Kier alpha value is -2.98. The zero-order valence-electron chi connectivity index (χ0n) is 16.8. The van der Waals surface area contributed by atoms with Gasteiger partial charge in [-0.1, -0.05) is 18.2 Å². The van der Waals surface area contributed by atoms with Crippen molar-refractivity contribution in [3.63, 3.8) is 0 Å². The summed E-state index contributed by atoms with van der Waals surface area (Å²) in [5.41, 5.74) is 4.90. The number of amidine groups is 2. The Morgan fingerprint density at radius 3 is 2.53 bits per heavy atom. The number of carbonyl (C=O) groups excluding carboxylic acids is 1. The van der Waals surface area contributed by atoms with Gasteiger partial charge >= 0.3 is 0 Å². The second kappa shape index (κ2) is 7.06. The first-order valence-corrected chi connectivity index (χ1v) is 11.7. The van der Waals surface area contributed by atoms with Crippen LogP contribution in [0.3, 0.4) is 0 Å². The zero-order chi connectivity index (χ0) is 21.8. The number of sulfone groups is 1. The fraction of sp³-hybridized carbons (Fsp3) is 0.200. The molecule has 1 amide bonds. The molecule has 1 aromatic carbocycles. The number of aliphatic imine (C=N–C) groups is 1. The molecule has 2 aromatic rings. The molecular formula is C20H19N5O3S2. The van der Waals surface area contributed by atoms with Crippen LogP contribution in [0, 0.1) is 26.2 Å². The van der Waals surface area contributed by atoms with Gasteiger partial charge in [-0.25, -0.2) is 8.42 Å². The number of rotatable bonds is 2. The number of hydrogen-bond donors (Lipinski definition) is 1. The van der Waals surface area contributed by atoms with Gasteiger partial charge in [0.05, 0.1) is 5.57 Å². The van der Waals surface area contributed by atoms with E-state index >= 15 is 0 Å². The van der Waals surface area contributed by atoms with Gasteiger partial charge in [-0.05, 0) is 61.9 Å². The van der Waals surface area contributed by atoms with Gasteiger partial charge in [-0.15, -0.1) is 5.10 Å². The molecule has 1 aromatic heterocycles. The van der Waals surface area contributed by atoms with Crippen molar-refractivity contribution in [1.82, 2.24) is 9.58 Å². The van der Waals surface area contributed by atoms with Crippen LogP contribution in [0.1, 0.15) is 22.5 Å². The molecule has 30 heavy (non-hydrogen) atoms. The Morgan fingerprint density at radius 1 is 1.17 bits per heavy atom. The molecule has 2 aliphatic rings. The predicted octanol–water partition coefficient (Wildman–Crippen LogP) is 3.02. The molecule has 0 aliphatic carbocycles. The molecule has 0 radical (unpaired) electrons. The second-order valence-corrected chi connectivity index (χ2v) is 10.3. The highest BCUT2D eigenvalue weighted by Gasteiger charge is 2.38. The number of hydrogen-bond acceptors (Lipinski definition) is 6. The third kappa shape index (κ3) is 3.31. The van der Waals surface area contributed by atoms with Crippen LogP contribution in [0.5, 0.6) is 0 Å². The monoisotopic (exact) mass is 441 g/mol. The Labute approximate surface area is 178 Å². The van der Waals surface area contributed by atoms with Gasteiger partial charge in [0.2, 0.25) is 19.4 Å². The number of benzene rings is 1. The van der Waals surface area contributed by atoms with E-state index in [-0.39, 0.29) is 21.0 Å². The summed E-state index contributed by atoms with van der Waals surface area (Å²) >= 11 is 0.771. The molecule has 2 aliphatic heterocycles. The number of carbonyl (C=O) groups is 1. The van der Waals surface area contributed by atoms with Crippen LogP contribution in [0.25, 0.3) is 11.8 Å². The van der Waals surface area contributed by atoms with Gasteiger partial charge < -0.3 is 4.57 Å². The lowest BCUT2D eigenvalue weighted by atomic mass is 10.1. The summed E-state index contributed by atoms with van der Waals surface area (Å²) in [6.07, 6.45) is 2.64. The van der Waals surface area contributed by atoms with E-state index in [1.165, 1.54) is 0 Å². The SMILES string of the molecule is Cc1ccccc1-n1c(C)cc(/C=C2/C(=N)N3N=C(S(C)(=O)=O)SC3=NC2=O)c1C. The number of hydrazone groups is 1. The van der Waals surface area contributed by atoms with Crippen molar-refractivity contribution in [1.29, 1.82) is 5.41 Å². The van der Waals surface area contributed by atoms with Crippen LogP contribution in [0.15, 0.2) is 46.0 Å². The first-order chi connectivity index (χ1) is 14.1. The minimum Gasteiger partial charge on any atom is -0.318 e. The average molecular weight is 442 g/mol. The molecule has 0 unspecified atom stereocenters. The van der Waals surface area contributed by atoms with Gasteiger partial charge in [-0.3, -0.25) is 10.2 Å². The quantitative estimate of drug-likeness (QED) is 0.721. The fourth-order valence-electron chi connectivity index (χ4n) is 3.40. The number of nitrogens with one attached hydrogen (secondary N) is 1. The van der Waals surface area contributed by atoms with Gasteiger partial charge in [-0.2, -0.15) is 10.0 Å². The minimum absolute atomic E-state index is 0.0582. The number of fused-ring (bicyclic) bond motifs is 1. The summed E-state index contributed by atoms with van der Waals surface area (Å²) < 4.78 is 25.5. The molecule has 1 N–H and O–H groups in total. The van der Waals surface area contributed by atoms with E-state index in [0.29, 0.717) is 0 Å². The molecule has 0 saturated heterocycles. The summed E-state index contributed by atoms with van der Waals surface area (Å²) in [5, 5.41) is 13.5. The molecule has 0 bridgehead atoms. The average Bonchev–Trinajstić information content (AvgIpc) is 3.21. The number of thioether (sulfide) groups is 1. The first kappa shape index (κ1) is 20.3. The van der Waals surface area contributed by atoms with Crippen LogP contribution in [0.2, 0.25) is 0 Å². The molecule has 4 rings (SSSR count). The third-order valence-electron chi connectivity index (χ3n) is 4.88. The van der Waals surface area contributed by atoms with Crippen LogP contribution >= 0.6 is 11.8 Å². The highest BCUT2D eigenvalue weighted by atomic mass is 32.3. The number of amides is 1. The maximum Gasteiger partial charge on any atom is 0.283 e. The van der Waals surface area contributed by atoms with Crippen LogP contribution in [-0.2, 0) is 14.6 Å². The number of para-hydroxylation sites is 1. The summed E-state index contributed by atoms with van der Waals surface area (Å²) in [5.74, 6) is -0.791. The largest absolute Gasteiger partial charge is 0.318 e. The zero-order valence-corrected chi connectivity index (χ0v) is 18.4. The Kier molecular flexibility index (Phi) is 4.78. The van der Waals surface area contributed by atoms with E-state index in [1.807, 2.05) is 51.1 Å². The molecule has 0 atom stereocenters. The minimum atomic E-state index is -3.56. The van der Waals surface area contributed by atoms with Gasteiger partial charge in [0.25, 0.3) is 5.91 Å². The Balaban J connectivity index is 1.78. The molecular weight excluding hydrogens is 422 g/mol. The van der Waals surface area contributed by atoms with E-state index in [2.05, 4.69) is 14.7 Å². The van der Waals surface area contributed by atoms with Crippen LogP contribution in [0.4, 0.5) is 0 Å². The maximum atomic E-state index is 12.6. The normalized spacial score (nSPS) is 18.0. The van der Waals surface area contributed by atoms with E-state index in [0.717, 1.165) is 51.2 Å². The predicted molar refractivity (Wildman–Crippen MR) is 120 cm³/mol. The van der Waals surface area contributed by atoms with Crippen molar-refractivity contribution in [3.05, 3.63) is 58.4 Å². The lowest BCUT2D eigenvalue weighted by Crippen LogP contribution is -2.35. The third-order valence-corrected chi connectivity index (χ3v) is 7.46. The van der Waals surface area contributed by atoms with Crippen molar-refractivity contribution in [3.8, 4) is 5.69 Å². The Bertz CT molecular complexity index is 1320. The molecule has 0 saturated carbocycles. The van der Waals surface area contributed by atoms with Gasteiger partial charge in [0.1, 0.15) is 0 Å². The van der Waals surface area contributed by atoms with E-state index in [9.17, 15) is 13.2 Å². The molecule has 3 heterocycles. The lowest BCUT2D eigenvalue weighted by Gasteiger charge is -2.20. The van der Waals surface area contributed by atoms with Crippen molar-refractivity contribution < 1.29 is 13.2 Å². The van der Waals surface area contributed by atoms with Crippen molar-refractivity contribution in [2.45, 2.75) is 20.8 Å². The second-order valence-electron chi connectivity index (χ2n) is 7.11. The summed E-state index contributed by atoms with van der Waals surface area (Å²) in [7, 11) is -3.56. The lowest BCUT2D eigenvalue weighted by molar-refractivity contribution is -0.114. The van der Waals surface area contributed by atoms with Gasteiger partial charge in [0.15, 0.2) is 5.84 Å². The summed E-state index contributed by atoms with van der Waals surface area (Å²) in [6, 6.07) is 9.95. The molecule has 8 nitrogen and oxygen atoms in total. The van der Waals surface area contributed by atoms with E-state index < -0.39 is 15.7 Å². The highest BCUT2D eigenvalue weighted by Crippen LogP contribution is 2.31. The highest BCUT2D eigenvalue weighted by molar-refractivity contribution is 8.42. The van der Waals surface area contributed by atoms with Crippen LogP contribution < -0.4 is 0 Å². The van der Waals surface area contributed by atoms with Crippen LogP contribution in [-0.4, -0.2) is 45.5 Å². The fourth-order valence-corrected chi connectivity index (χ4v) is 5.08. The standard InChI is InChI=1S/C20H19N5O3S2/c1-11-7-5-6-8-16(11)24-12(2)9-14(13(24)3)10-15-17(21)25-19(22-18(15)26)29-20(23-25)30(4,27)28/h5-10,21H,1-4H3/b15-10-,21-17?. The van der Waals surface area contributed by atoms with Gasteiger partial charge in [0, 0.05) is 23.3 Å². The summed E-state index contributed by atoms with van der Waals surface area (Å²) in [6.45, 7) is 5.96. The maximum absolute atomic E-state index is 12.6. The number of nitrogens with zero attached hydrogens (tertiary/aromatic N) is 4. The summed E-state index contributed by atoms with van der Waals surface area (Å²) in [4.78, 5) is 16.5. The van der Waals surface area contributed by atoms with E-state index in [1.54, 1.807) is 6.08 Å². The first-order valence-electron chi connectivity index (χ1n) is 9.03. The smallest absolute Gasteiger partial charge is 0.283 e. The topological polar surface area (TPSA) is 108 Å².